The van der Waals surface area contributed by atoms with Gasteiger partial charge in [-0.15, -0.1) is 0 Å². The summed E-state index contributed by atoms with van der Waals surface area (Å²) in [5.74, 6) is 0. The monoisotopic (exact) mass is 276 g/mol. The van der Waals surface area contributed by atoms with Gasteiger partial charge in [0.2, 0.25) is 0 Å². The molecule has 0 aliphatic heterocycles. The molecule has 1 nitrogen and oxygen atoms in total. The number of hydrogen-bond donors (Lipinski definition) is 0. The van der Waals surface area contributed by atoms with Gasteiger partial charge < -0.3 is 0 Å². The highest BCUT2D eigenvalue weighted by Crippen LogP contribution is 2.33. The molecular formula is C12H15Cl2OP. The summed E-state index contributed by atoms with van der Waals surface area (Å²) in [6, 6.07) is 3.57. The first-order valence-electron chi connectivity index (χ1n) is 5.30. The third-order valence-electron chi connectivity index (χ3n) is 2.33. The number of carbonyl (C=O) groups excluding carboxylic acids is 1. The molecule has 0 radical (unpaired) electrons. The Bertz CT molecular complexity index is 391. The number of rotatable bonds is 5. The zero-order chi connectivity index (χ0) is 12.1. The fraction of sp³-hybridized carbons (Fsp3) is 0.417. The highest BCUT2D eigenvalue weighted by Gasteiger charge is 2.15. The normalized spacial score (nSPS) is 11.2. The summed E-state index contributed by atoms with van der Waals surface area (Å²) in [4.78, 5) is 12.0. The van der Waals surface area contributed by atoms with E-state index in [1.807, 2.05) is 13.0 Å². The minimum atomic E-state index is 0.0761. The Morgan fingerprint density at radius 2 is 2.06 bits per heavy atom. The van der Waals surface area contributed by atoms with Crippen molar-refractivity contribution in [2.45, 2.75) is 26.7 Å². The molecule has 4 heteroatoms. The zero-order valence-corrected chi connectivity index (χ0v) is 12.0. The molecule has 0 aliphatic carbocycles. The van der Waals surface area contributed by atoms with E-state index < -0.39 is 0 Å². The van der Waals surface area contributed by atoms with Gasteiger partial charge in [-0.05, 0) is 39.7 Å². The van der Waals surface area contributed by atoms with Crippen LogP contribution in [0.5, 0.6) is 0 Å². The van der Waals surface area contributed by atoms with Gasteiger partial charge in [0.1, 0.15) is 0 Å². The maximum Gasteiger partial charge on any atom is 0.184 e. The minimum Gasteiger partial charge on any atom is -0.289 e. The molecule has 1 aromatic carbocycles. The van der Waals surface area contributed by atoms with Crippen LogP contribution in [0.3, 0.4) is 0 Å². The van der Waals surface area contributed by atoms with Gasteiger partial charge in [-0.1, -0.05) is 42.6 Å². The molecule has 16 heavy (non-hydrogen) atoms. The van der Waals surface area contributed by atoms with Crippen LogP contribution in [0.25, 0.3) is 0 Å². The van der Waals surface area contributed by atoms with E-state index in [0.29, 0.717) is 15.6 Å². The van der Waals surface area contributed by atoms with Crippen LogP contribution in [-0.4, -0.2) is 11.7 Å². The van der Waals surface area contributed by atoms with Crippen molar-refractivity contribution in [3.8, 4) is 0 Å². The molecule has 0 fully saturated rings. The van der Waals surface area contributed by atoms with E-state index in [4.69, 9.17) is 23.2 Å². The quantitative estimate of drug-likeness (QED) is 0.551. The lowest BCUT2D eigenvalue weighted by atomic mass is 10.1. The van der Waals surface area contributed by atoms with Crippen molar-refractivity contribution in [1.29, 1.82) is 0 Å². The van der Waals surface area contributed by atoms with Crippen LogP contribution in [0.15, 0.2) is 12.1 Å². The lowest BCUT2D eigenvalue weighted by Gasteiger charge is -2.08. The van der Waals surface area contributed by atoms with Crippen molar-refractivity contribution in [2.24, 2.45) is 0 Å². The van der Waals surface area contributed by atoms with Gasteiger partial charge in [-0.2, -0.15) is 0 Å². The van der Waals surface area contributed by atoms with Crippen LogP contribution in [0, 0.1) is 6.92 Å². The highest BCUT2D eigenvalue weighted by molar-refractivity contribution is 7.58. The smallest absolute Gasteiger partial charge is 0.184 e. The Labute approximate surface area is 108 Å². The van der Waals surface area contributed by atoms with Gasteiger partial charge in [-0.3, -0.25) is 4.79 Å². The van der Waals surface area contributed by atoms with Crippen molar-refractivity contribution in [1.82, 2.24) is 0 Å². The molecule has 88 valence electrons. The summed E-state index contributed by atoms with van der Waals surface area (Å²) in [5, 5.41) is 0.964. The van der Waals surface area contributed by atoms with Crippen LogP contribution < -0.4 is 0 Å². The third kappa shape index (κ3) is 3.45. The van der Waals surface area contributed by atoms with Gasteiger partial charge in [0, 0.05) is 0 Å². The Balaban J connectivity index is 2.86. The predicted molar refractivity (Wildman–Crippen MR) is 73.6 cm³/mol. The number of halogens is 2. The summed E-state index contributed by atoms with van der Waals surface area (Å²) in [6.45, 7) is 3.99. The summed E-state index contributed by atoms with van der Waals surface area (Å²) in [6.07, 6.45) is 3.11. The highest BCUT2D eigenvalue weighted by atomic mass is 35.5. The van der Waals surface area contributed by atoms with E-state index >= 15 is 0 Å². The molecular weight excluding hydrogens is 262 g/mol. The Morgan fingerprint density at radius 3 is 2.69 bits per heavy atom. The third-order valence-corrected chi connectivity index (χ3v) is 4.30. The van der Waals surface area contributed by atoms with E-state index in [0.717, 1.165) is 24.6 Å². The Morgan fingerprint density at radius 1 is 1.38 bits per heavy atom. The van der Waals surface area contributed by atoms with Gasteiger partial charge in [0.05, 0.1) is 15.6 Å². The molecule has 1 rings (SSSR count). The van der Waals surface area contributed by atoms with E-state index in [-0.39, 0.29) is 14.1 Å². The van der Waals surface area contributed by atoms with Gasteiger partial charge in [0.15, 0.2) is 5.52 Å². The second kappa shape index (κ2) is 6.59. The van der Waals surface area contributed by atoms with Gasteiger partial charge in [-0.25, -0.2) is 0 Å². The summed E-state index contributed by atoms with van der Waals surface area (Å²) >= 11 is 12.1. The molecule has 1 atom stereocenters. The van der Waals surface area contributed by atoms with Crippen molar-refractivity contribution in [2.75, 3.05) is 6.16 Å². The second-order valence-corrected chi connectivity index (χ2v) is 5.76. The fourth-order valence-electron chi connectivity index (χ4n) is 1.33. The van der Waals surface area contributed by atoms with Crippen molar-refractivity contribution in [3.05, 3.63) is 33.3 Å². The van der Waals surface area contributed by atoms with Crippen LogP contribution >= 0.6 is 31.8 Å². The molecule has 0 heterocycles. The van der Waals surface area contributed by atoms with E-state index in [9.17, 15) is 4.79 Å². The first-order valence-corrected chi connectivity index (χ1v) is 7.27. The van der Waals surface area contributed by atoms with Crippen molar-refractivity contribution in [3.63, 3.8) is 0 Å². The lowest BCUT2D eigenvalue weighted by molar-refractivity contribution is 0.108. The molecule has 0 N–H and O–H groups in total. The molecule has 0 saturated heterocycles. The standard InChI is InChI=1S/C12H15Cl2OP/c1-3-4-7-16-12(15)10-9(13)6-5-8(2)11(10)14/h5-6,16H,3-4,7H2,1-2H3. The Hall–Kier alpha value is -0.100. The maximum absolute atomic E-state index is 12.0. The van der Waals surface area contributed by atoms with E-state index in [1.165, 1.54) is 0 Å². The number of hydrogen-bond acceptors (Lipinski definition) is 1. The topological polar surface area (TPSA) is 17.1 Å². The first kappa shape index (κ1) is 14.0. The van der Waals surface area contributed by atoms with Crippen LogP contribution in [0.2, 0.25) is 10.0 Å². The maximum atomic E-state index is 12.0. The predicted octanol–water partition coefficient (Wildman–Crippen LogP) is 4.92. The zero-order valence-electron chi connectivity index (χ0n) is 9.44. The average Bonchev–Trinajstić information content (AvgIpc) is 2.24. The molecule has 0 amide bonds. The lowest BCUT2D eigenvalue weighted by Crippen LogP contribution is -1.97. The number of aryl methyl sites for hydroxylation is 1. The SMILES string of the molecule is CCCCPC(=O)c1c(Cl)ccc(C)c1Cl. The molecule has 1 unspecified atom stereocenters. The Kier molecular flexibility index (Phi) is 5.75. The summed E-state index contributed by atoms with van der Waals surface area (Å²) < 4.78 is 0. The van der Waals surface area contributed by atoms with Crippen LogP contribution in [-0.2, 0) is 0 Å². The minimum absolute atomic E-state index is 0.0761. The van der Waals surface area contributed by atoms with Crippen molar-refractivity contribution >= 4 is 37.3 Å². The van der Waals surface area contributed by atoms with Crippen LogP contribution in [0.4, 0.5) is 0 Å². The molecule has 0 saturated carbocycles. The van der Waals surface area contributed by atoms with Gasteiger partial charge in [0.25, 0.3) is 0 Å². The van der Waals surface area contributed by atoms with Crippen molar-refractivity contribution < 1.29 is 4.79 Å². The van der Waals surface area contributed by atoms with Crippen LogP contribution in [0.1, 0.15) is 35.7 Å². The van der Waals surface area contributed by atoms with E-state index in [2.05, 4.69) is 6.92 Å². The largest absolute Gasteiger partial charge is 0.289 e. The van der Waals surface area contributed by atoms with Gasteiger partial charge >= 0.3 is 0 Å². The molecule has 0 bridgehead atoms. The van der Waals surface area contributed by atoms with E-state index in [1.54, 1.807) is 6.07 Å². The first-order chi connectivity index (χ1) is 7.57. The molecule has 1 aromatic rings. The summed E-state index contributed by atoms with van der Waals surface area (Å²) in [5.41, 5.74) is 1.47. The number of carbonyl (C=O) groups is 1. The molecule has 0 aliphatic rings. The number of benzene rings is 1. The molecule has 0 aromatic heterocycles. The fourth-order valence-corrected chi connectivity index (χ4v) is 3.23. The number of unbranched alkanes of at least 4 members (excludes halogenated alkanes) is 1. The summed E-state index contributed by atoms with van der Waals surface area (Å²) in [7, 11) is 0.272. The molecule has 0 spiro atoms. The second-order valence-electron chi connectivity index (χ2n) is 3.66. The average molecular weight is 277 g/mol.